The fourth-order valence-electron chi connectivity index (χ4n) is 6.18. The van der Waals surface area contributed by atoms with Crippen molar-refractivity contribution in [3.8, 4) is 0 Å². The highest BCUT2D eigenvalue weighted by Crippen LogP contribution is 2.16. The minimum atomic E-state index is -0.444. The maximum absolute atomic E-state index is 12.4. The smallest absolute Gasteiger partial charge is 0.339 e. The number of hydrogen-bond acceptors (Lipinski definition) is 10. The molecule has 2 aromatic carbocycles. The summed E-state index contributed by atoms with van der Waals surface area (Å²) in [6.07, 6.45) is 27.3. The van der Waals surface area contributed by atoms with Gasteiger partial charge in [-0.05, 0) is 49.9 Å². The third-order valence-electron chi connectivity index (χ3n) is 9.66. The molecule has 0 unspecified atom stereocenters. The Morgan fingerprint density at radius 1 is 0.328 bits per heavy atom. The molecule has 2 N–H and O–H groups in total. The molecule has 0 aromatic heterocycles. The third kappa shape index (κ3) is 27.8. The fourth-order valence-corrected chi connectivity index (χ4v) is 6.18. The van der Waals surface area contributed by atoms with Crippen molar-refractivity contribution >= 4 is 23.9 Å². The van der Waals surface area contributed by atoms with E-state index in [9.17, 15) is 19.2 Å². The van der Waals surface area contributed by atoms with Crippen LogP contribution >= 0.6 is 0 Å². The van der Waals surface area contributed by atoms with Gasteiger partial charge < -0.3 is 18.9 Å². The molecule has 0 aliphatic carbocycles. The van der Waals surface area contributed by atoms with Crippen LogP contribution in [0.25, 0.3) is 0 Å². The molecule has 58 heavy (non-hydrogen) atoms. The summed E-state index contributed by atoms with van der Waals surface area (Å²) in [6.45, 7) is 10.3. The summed E-state index contributed by atoms with van der Waals surface area (Å²) in [6, 6.07) is 13.5. The largest absolute Gasteiger partial charge is 0.462 e. The van der Waals surface area contributed by atoms with Crippen molar-refractivity contribution in [3.05, 3.63) is 70.8 Å². The molecule has 0 aliphatic heterocycles. The second-order valence-corrected chi connectivity index (χ2v) is 14.7. The molecule has 0 radical (unpaired) electrons. The highest BCUT2D eigenvalue weighted by Gasteiger charge is 2.20. The lowest BCUT2D eigenvalue weighted by molar-refractivity contribution is -0.176. The van der Waals surface area contributed by atoms with Gasteiger partial charge in [-0.2, -0.15) is 0 Å². The maximum atomic E-state index is 12.4. The maximum Gasteiger partial charge on any atom is 0.339 e. The summed E-state index contributed by atoms with van der Waals surface area (Å²) in [4.78, 5) is 49.4. The second-order valence-electron chi connectivity index (χ2n) is 14.7. The average molecular weight is 815 g/mol. The molecular formula is C48H78O10. The van der Waals surface area contributed by atoms with Crippen LogP contribution in [0.5, 0.6) is 0 Å². The Hall–Kier alpha value is -3.76. The first-order valence-corrected chi connectivity index (χ1v) is 22.5. The zero-order valence-corrected chi connectivity index (χ0v) is 36.6. The number of esters is 4. The molecule has 0 saturated carbocycles. The molecule has 0 atom stereocenters. The van der Waals surface area contributed by atoms with Gasteiger partial charge in [-0.15, -0.1) is 0 Å². The van der Waals surface area contributed by atoms with Crippen molar-refractivity contribution in [3.63, 3.8) is 0 Å². The lowest BCUT2D eigenvalue weighted by Gasteiger charge is -2.10. The van der Waals surface area contributed by atoms with Crippen molar-refractivity contribution < 1.29 is 48.6 Å². The average Bonchev–Trinajstić information content (AvgIpc) is 3.25. The Bertz CT molecular complexity index is 1110. The summed E-state index contributed by atoms with van der Waals surface area (Å²) in [5, 5.41) is 12.0. The van der Waals surface area contributed by atoms with Crippen molar-refractivity contribution in [1.29, 1.82) is 0 Å². The Morgan fingerprint density at radius 2 is 0.500 bits per heavy atom. The van der Waals surface area contributed by atoms with Gasteiger partial charge in [0, 0.05) is 0 Å². The van der Waals surface area contributed by atoms with Gasteiger partial charge in [0.15, 0.2) is 0 Å². The van der Waals surface area contributed by atoms with Gasteiger partial charge in [0.1, 0.15) is 0 Å². The number of hydrogen-bond donors (Lipinski definition) is 2. The van der Waals surface area contributed by atoms with E-state index in [-0.39, 0.29) is 0 Å². The summed E-state index contributed by atoms with van der Waals surface area (Å²) in [5.41, 5.74) is 1.17. The standard InChI is InChI=1S/2C24H38O4.H2O2/c2*1-3-5-7-9-11-15-19-27-23(25)21-17-13-14-18-22(21)24(26)28-20-16-12-10-8-6-4-2;1-2/h2*13-14,17-18H,3-12,15-16,19-20H2,1-2H3;1-2H. The molecule has 10 heteroatoms. The number of unbranched alkanes of at least 4 members (excludes halogenated alkanes) is 20. The molecular weight excluding hydrogens is 737 g/mol. The minimum absolute atomic E-state index is 0.293. The van der Waals surface area contributed by atoms with Crippen molar-refractivity contribution in [1.82, 2.24) is 0 Å². The zero-order valence-electron chi connectivity index (χ0n) is 36.6. The third-order valence-corrected chi connectivity index (χ3v) is 9.66. The SMILES string of the molecule is CCCCCCCCOC(=O)c1ccccc1C(=O)OCCCCCCCC.CCCCCCCCOC(=O)c1ccccc1C(=O)OCCCCCCCC.OO. The van der Waals surface area contributed by atoms with Crippen LogP contribution in [0.4, 0.5) is 0 Å². The van der Waals surface area contributed by atoms with Gasteiger partial charge in [-0.25, -0.2) is 19.2 Å². The van der Waals surface area contributed by atoms with Gasteiger partial charge in [0.2, 0.25) is 0 Å². The van der Waals surface area contributed by atoms with Crippen LogP contribution in [0.1, 0.15) is 223 Å². The number of carbonyl (C=O) groups excluding carboxylic acids is 4. The molecule has 0 bridgehead atoms. The summed E-state index contributed by atoms with van der Waals surface area (Å²) in [7, 11) is 0. The van der Waals surface area contributed by atoms with E-state index in [1.165, 1.54) is 103 Å². The Kier molecular flexibility index (Phi) is 37.4. The normalized spacial score (nSPS) is 10.4. The van der Waals surface area contributed by atoms with Crippen LogP contribution in [0, 0.1) is 0 Å². The number of carbonyl (C=O) groups is 4. The molecule has 2 aromatic rings. The van der Waals surface area contributed by atoms with E-state index in [4.69, 9.17) is 29.5 Å². The summed E-state index contributed by atoms with van der Waals surface area (Å²) in [5.74, 6) is -1.78. The second kappa shape index (κ2) is 40.0. The number of ether oxygens (including phenoxy) is 4. The van der Waals surface area contributed by atoms with Crippen LogP contribution in [0.2, 0.25) is 0 Å². The van der Waals surface area contributed by atoms with E-state index in [1.807, 2.05) is 0 Å². The molecule has 0 amide bonds. The van der Waals surface area contributed by atoms with E-state index in [0.717, 1.165) is 51.4 Å². The Labute approximate surface area is 350 Å². The van der Waals surface area contributed by atoms with Crippen molar-refractivity contribution in [2.45, 2.75) is 182 Å². The lowest BCUT2D eigenvalue weighted by Crippen LogP contribution is -2.15. The molecule has 330 valence electrons. The molecule has 0 aliphatic rings. The van der Waals surface area contributed by atoms with Gasteiger partial charge in [-0.1, -0.05) is 180 Å². The van der Waals surface area contributed by atoms with Crippen LogP contribution in [0.15, 0.2) is 48.5 Å². The summed E-state index contributed by atoms with van der Waals surface area (Å²) >= 11 is 0. The molecule has 0 heterocycles. The van der Waals surface area contributed by atoms with E-state index in [1.54, 1.807) is 48.5 Å². The fraction of sp³-hybridized carbons (Fsp3) is 0.667. The predicted octanol–water partition coefficient (Wildman–Crippen LogP) is 13.5. The highest BCUT2D eigenvalue weighted by molar-refractivity contribution is 6.03. The highest BCUT2D eigenvalue weighted by atomic mass is 17.0. The first-order chi connectivity index (χ1) is 28.4. The van der Waals surface area contributed by atoms with Crippen LogP contribution in [-0.2, 0) is 18.9 Å². The van der Waals surface area contributed by atoms with Crippen molar-refractivity contribution in [2.75, 3.05) is 26.4 Å². The zero-order chi connectivity index (χ0) is 42.9. The number of benzene rings is 2. The van der Waals surface area contributed by atoms with E-state index in [0.29, 0.717) is 48.7 Å². The van der Waals surface area contributed by atoms with E-state index >= 15 is 0 Å². The molecule has 0 saturated heterocycles. The minimum Gasteiger partial charge on any atom is -0.462 e. The Balaban J connectivity index is 0.00000107. The van der Waals surface area contributed by atoms with Crippen LogP contribution in [0.3, 0.4) is 0 Å². The molecule has 0 spiro atoms. The van der Waals surface area contributed by atoms with E-state index in [2.05, 4.69) is 27.7 Å². The van der Waals surface area contributed by atoms with Crippen LogP contribution < -0.4 is 0 Å². The van der Waals surface area contributed by atoms with Gasteiger partial charge >= 0.3 is 23.9 Å². The topological polar surface area (TPSA) is 146 Å². The van der Waals surface area contributed by atoms with Crippen molar-refractivity contribution in [2.24, 2.45) is 0 Å². The molecule has 2 rings (SSSR count). The predicted molar refractivity (Wildman–Crippen MR) is 233 cm³/mol. The van der Waals surface area contributed by atoms with E-state index < -0.39 is 23.9 Å². The first-order valence-electron chi connectivity index (χ1n) is 22.5. The lowest BCUT2D eigenvalue weighted by atomic mass is 10.1. The van der Waals surface area contributed by atoms with Gasteiger partial charge in [-0.3, -0.25) is 10.5 Å². The van der Waals surface area contributed by atoms with Gasteiger partial charge in [0.05, 0.1) is 48.7 Å². The Morgan fingerprint density at radius 3 is 0.690 bits per heavy atom. The monoisotopic (exact) mass is 815 g/mol. The van der Waals surface area contributed by atoms with Crippen LogP contribution in [-0.4, -0.2) is 60.8 Å². The van der Waals surface area contributed by atoms with Gasteiger partial charge in [0.25, 0.3) is 0 Å². The quantitative estimate of drug-likeness (QED) is 0.0240. The molecule has 10 nitrogen and oxygen atoms in total. The summed E-state index contributed by atoms with van der Waals surface area (Å²) < 4.78 is 21.4. The first kappa shape index (κ1) is 54.2. The number of rotatable bonds is 32. The molecule has 0 fully saturated rings.